The third-order valence-corrected chi connectivity index (χ3v) is 5.93. The molecule has 1 aliphatic rings. The third kappa shape index (κ3) is 6.52. The lowest BCUT2D eigenvalue weighted by Crippen LogP contribution is -2.44. The van der Waals surface area contributed by atoms with Crippen LogP contribution in [0.15, 0.2) is 48.5 Å². The van der Waals surface area contributed by atoms with Gasteiger partial charge < -0.3 is 20.5 Å². The highest BCUT2D eigenvalue weighted by atomic mass is 19.4. The van der Waals surface area contributed by atoms with Crippen LogP contribution in [-0.4, -0.2) is 48.4 Å². The quantitative estimate of drug-likeness (QED) is 0.454. The second-order valence-electron chi connectivity index (χ2n) is 8.40. The van der Waals surface area contributed by atoms with Crippen molar-refractivity contribution in [2.45, 2.75) is 44.3 Å². The molecule has 0 bridgehead atoms. The molecule has 0 saturated heterocycles. The molecule has 10 heteroatoms. The van der Waals surface area contributed by atoms with E-state index >= 15 is 0 Å². The molecule has 0 aliphatic heterocycles. The summed E-state index contributed by atoms with van der Waals surface area (Å²) in [5, 5.41) is 13.3. The van der Waals surface area contributed by atoms with E-state index in [0.29, 0.717) is 12.8 Å². The van der Waals surface area contributed by atoms with E-state index in [4.69, 9.17) is 9.84 Å². The molecule has 2 atom stereocenters. The van der Waals surface area contributed by atoms with E-state index in [-0.39, 0.29) is 18.9 Å². The molecular weight excluding hydrogens is 465 g/mol. The number of rotatable bonds is 10. The number of hydrogen-bond donors (Lipinski definition) is 3. The summed E-state index contributed by atoms with van der Waals surface area (Å²) in [7, 11) is 0. The van der Waals surface area contributed by atoms with Crippen molar-refractivity contribution in [1.29, 1.82) is 0 Å². The molecule has 188 valence electrons. The molecule has 1 aliphatic carbocycles. The summed E-state index contributed by atoms with van der Waals surface area (Å²) >= 11 is 0. The van der Waals surface area contributed by atoms with Gasteiger partial charge in [0.05, 0.1) is 0 Å². The van der Waals surface area contributed by atoms with Gasteiger partial charge in [0, 0.05) is 24.9 Å². The van der Waals surface area contributed by atoms with E-state index in [9.17, 15) is 27.6 Å². The van der Waals surface area contributed by atoms with Gasteiger partial charge >= 0.3 is 18.2 Å². The van der Waals surface area contributed by atoms with E-state index in [2.05, 4.69) is 5.32 Å². The topological polar surface area (TPSA) is 105 Å². The zero-order valence-electron chi connectivity index (χ0n) is 19.1. The first kappa shape index (κ1) is 26.1. The number of fused-ring (bicyclic) bond motifs is 3. The number of carbonyl (C=O) groups is 3. The minimum Gasteiger partial charge on any atom is -0.481 e. The fraction of sp³-hybridized carbons (Fsp3) is 0.400. The summed E-state index contributed by atoms with van der Waals surface area (Å²) in [4.78, 5) is 35.4. The van der Waals surface area contributed by atoms with Crippen molar-refractivity contribution >= 4 is 18.0 Å². The lowest BCUT2D eigenvalue weighted by molar-refractivity contribution is -0.192. The normalized spacial score (nSPS) is 14.4. The molecule has 0 spiro atoms. The Labute approximate surface area is 200 Å². The van der Waals surface area contributed by atoms with Crippen LogP contribution >= 0.6 is 0 Å². The van der Waals surface area contributed by atoms with Gasteiger partial charge in [-0.3, -0.25) is 9.59 Å². The maximum atomic E-state index is 12.8. The average Bonchev–Trinajstić information content (AvgIpc) is 3.10. The van der Waals surface area contributed by atoms with E-state index in [1.54, 1.807) is 0 Å². The number of carboxylic acids is 1. The Hall–Kier alpha value is -3.56. The standard InChI is InChI=1S/C25H27F3N2O5/c1-2-7-15(12-22(31)29-13-21(23(32)33)25(26,27)28)30-24(34)35-14-20-18-10-5-3-8-16(18)17-9-4-6-11-19(17)20/h3-6,8-11,15,20-21H,2,7,12-14H2,1H3,(H,29,31)(H,30,34)(H,32,33). The van der Waals surface area contributed by atoms with Crippen LogP contribution < -0.4 is 10.6 Å². The molecule has 2 unspecified atom stereocenters. The van der Waals surface area contributed by atoms with Crippen LogP contribution in [-0.2, 0) is 14.3 Å². The molecule has 35 heavy (non-hydrogen) atoms. The van der Waals surface area contributed by atoms with Gasteiger partial charge in [-0.1, -0.05) is 61.9 Å². The van der Waals surface area contributed by atoms with E-state index in [1.165, 1.54) is 0 Å². The molecule has 3 rings (SSSR count). The Balaban J connectivity index is 1.56. The van der Waals surface area contributed by atoms with Crippen LogP contribution in [0.2, 0.25) is 0 Å². The van der Waals surface area contributed by atoms with Gasteiger partial charge in [0.2, 0.25) is 5.91 Å². The summed E-state index contributed by atoms with van der Waals surface area (Å²) in [6, 6.07) is 15.0. The number of halogens is 3. The zero-order chi connectivity index (χ0) is 25.6. The first-order valence-corrected chi connectivity index (χ1v) is 11.3. The zero-order valence-corrected chi connectivity index (χ0v) is 19.1. The predicted molar refractivity (Wildman–Crippen MR) is 122 cm³/mol. The van der Waals surface area contributed by atoms with Crippen molar-refractivity contribution in [3.63, 3.8) is 0 Å². The van der Waals surface area contributed by atoms with Crippen LogP contribution in [0.4, 0.5) is 18.0 Å². The van der Waals surface area contributed by atoms with Crippen LogP contribution in [0.25, 0.3) is 11.1 Å². The Morgan fingerprint density at radius 2 is 1.60 bits per heavy atom. The van der Waals surface area contributed by atoms with Crippen LogP contribution in [0, 0.1) is 5.92 Å². The molecule has 2 amide bonds. The smallest absolute Gasteiger partial charge is 0.407 e. The number of hydrogen-bond acceptors (Lipinski definition) is 4. The number of alkyl carbamates (subject to hydrolysis) is 1. The Bertz CT molecular complexity index is 1030. The molecule has 0 saturated carbocycles. The van der Waals surface area contributed by atoms with Gasteiger partial charge in [-0.15, -0.1) is 0 Å². The fourth-order valence-electron chi connectivity index (χ4n) is 4.24. The predicted octanol–water partition coefficient (Wildman–Crippen LogP) is 4.46. The highest BCUT2D eigenvalue weighted by Crippen LogP contribution is 2.44. The first-order chi connectivity index (χ1) is 16.6. The molecule has 0 fully saturated rings. The minimum absolute atomic E-state index is 0.0801. The summed E-state index contributed by atoms with van der Waals surface area (Å²) in [5.74, 6) is -5.71. The number of benzene rings is 2. The Morgan fingerprint density at radius 3 is 2.11 bits per heavy atom. The summed E-state index contributed by atoms with van der Waals surface area (Å²) in [5.41, 5.74) is 4.25. The number of alkyl halides is 3. The molecule has 0 radical (unpaired) electrons. The van der Waals surface area contributed by atoms with Crippen LogP contribution in [0.3, 0.4) is 0 Å². The van der Waals surface area contributed by atoms with Crippen molar-refractivity contribution < 1.29 is 37.4 Å². The van der Waals surface area contributed by atoms with Gasteiger partial charge in [0.15, 0.2) is 5.92 Å². The van der Waals surface area contributed by atoms with E-state index < -0.39 is 42.7 Å². The highest BCUT2D eigenvalue weighted by Gasteiger charge is 2.45. The molecule has 0 heterocycles. The van der Waals surface area contributed by atoms with Crippen molar-refractivity contribution in [2.75, 3.05) is 13.2 Å². The maximum Gasteiger partial charge on any atom is 0.407 e. The first-order valence-electron chi connectivity index (χ1n) is 11.3. The molecule has 3 N–H and O–H groups in total. The molecule has 2 aromatic carbocycles. The summed E-state index contributed by atoms with van der Waals surface area (Å²) in [6.45, 7) is 0.826. The molecule has 0 aromatic heterocycles. The van der Waals surface area contributed by atoms with Gasteiger partial charge in [-0.2, -0.15) is 13.2 Å². The van der Waals surface area contributed by atoms with Gasteiger partial charge in [0.1, 0.15) is 6.61 Å². The molecule has 2 aromatic rings. The largest absolute Gasteiger partial charge is 0.481 e. The minimum atomic E-state index is -4.98. The van der Waals surface area contributed by atoms with Gasteiger partial charge in [0.25, 0.3) is 0 Å². The monoisotopic (exact) mass is 492 g/mol. The van der Waals surface area contributed by atoms with Crippen molar-refractivity contribution in [2.24, 2.45) is 5.92 Å². The van der Waals surface area contributed by atoms with E-state index in [0.717, 1.165) is 22.3 Å². The van der Waals surface area contributed by atoms with Crippen molar-refractivity contribution in [3.05, 3.63) is 59.7 Å². The van der Waals surface area contributed by atoms with Crippen LogP contribution in [0.5, 0.6) is 0 Å². The van der Waals surface area contributed by atoms with Crippen LogP contribution in [0.1, 0.15) is 43.2 Å². The number of aliphatic carboxylic acids is 1. The number of ether oxygens (including phenoxy) is 1. The number of amides is 2. The maximum absolute atomic E-state index is 12.8. The second kappa shape index (κ2) is 11.2. The lowest BCUT2D eigenvalue weighted by Gasteiger charge is -2.20. The van der Waals surface area contributed by atoms with Gasteiger partial charge in [-0.25, -0.2) is 4.79 Å². The van der Waals surface area contributed by atoms with Crippen molar-refractivity contribution in [1.82, 2.24) is 10.6 Å². The molecular formula is C25H27F3N2O5. The van der Waals surface area contributed by atoms with E-state index in [1.807, 2.05) is 60.8 Å². The Kier molecular flexibility index (Phi) is 8.37. The summed E-state index contributed by atoms with van der Waals surface area (Å²) in [6.07, 6.45) is -5.04. The highest BCUT2D eigenvalue weighted by molar-refractivity contribution is 5.80. The number of nitrogens with one attached hydrogen (secondary N) is 2. The average molecular weight is 492 g/mol. The SMILES string of the molecule is CCCC(CC(=O)NCC(C(=O)O)C(F)(F)F)NC(=O)OCC1c2ccccc2-c2ccccc21. The van der Waals surface area contributed by atoms with Crippen molar-refractivity contribution in [3.8, 4) is 11.1 Å². The second-order valence-corrected chi connectivity index (χ2v) is 8.40. The molecule has 7 nitrogen and oxygen atoms in total. The van der Waals surface area contributed by atoms with Gasteiger partial charge in [-0.05, 0) is 28.7 Å². The fourth-order valence-corrected chi connectivity index (χ4v) is 4.24. The number of carboxylic acid groups (broad SMARTS) is 1. The number of carbonyl (C=O) groups excluding carboxylic acids is 2. The summed E-state index contributed by atoms with van der Waals surface area (Å²) < 4.78 is 43.8. The lowest BCUT2D eigenvalue weighted by atomic mass is 9.98. The third-order valence-electron chi connectivity index (χ3n) is 5.93. The Morgan fingerprint density at radius 1 is 1.03 bits per heavy atom.